The van der Waals surface area contributed by atoms with Crippen molar-refractivity contribution in [3.05, 3.63) is 60.2 Å². The van der Waals surface area contributed by atoms with Crippen molar-refractivity contribution in [1.82, 2.24) is 28.8 Å². The van der Waals surface area contributed by atoms with Crippen molar-refractivity contribution in [1.29, 1.82) is 0 Å². The maximum Gasteiger partial charge on any atom is 0.313 e. The summed E-state index contributed by atoms with van der Waals surface area (Å²) >= 11 is 1.10. The number of fused-ring (bicyclic) bond motifs is 5. The molecule has 0 saturated heterocycles. The van der Waals surface area contributed by atoms with Gasteiger partial charge in [0, 0.05) is 0 Å². The van der Waals surface area contributed by atoms with E-state index in [1.807, 2.05) is 40.8 Å². The van der Waals surface area contributed by atoms with Gasteiger partial charge in [-0.15, -0.1) is 15.3 Å². The smallest absolute Gasteiger partial charge is 0.313 e. The van der Waals surface area contributed by atoms with Crippen LogP contribution in [0.1, 0.15) is 5.56 Å². The van der Waals surface area contributed by atoms with Crippen LogP contribution in [0.2, 0.25) is 0 Å². The van der Waals surface area contributed by atoms with Gasteiger partial charge in [-0.25, -0.2) is 4.40 Å². The van der Waals surface area contributed by atoms with E-state index in [4.69, 9.17) is 10.2 Å². The molecular formula is C18H14N6O2S. The Morgan fingerprint density at radius 3 is 2.48 bits per heavy atom. The van der Waals surface area contributed by atoms with Gasteiger partial charge in [-0.3, -0.25) is 4.79 Å². The lowest BCUT2D eigenvalue weighted by Crippen LogP contribution is -2.02. The summed E-state index contributed by atoms with van der Waals surface area (Å²) in [4.78, 5) is 10.9. The third kappa shape index (κ3) is 2.55. The molecule has 0 aliphatic heterocycles. The van der Waals surface area contributed by atoms with Gasteiger partial charge in [-0.05, 0) is 17.7 Å². The molecule has 134 valence electrons. The Kier molecular flexibility index (Phi) is 3.61. The topological polar surface area (TPSA) is 89.7 Å². The highest BCUT2D eigenvalue weighted by atomic mass is 32.2. The highest BCUT2D eigenvalue weighted by Gasteiger charge is 2.20. The second kappa shape index (κ2) is 6.13. The highest BCUT2D eigenvalue weighted by Crippen LogP contribution is 2.25. The van der Waals surface area contributed by atoms with Gasteiger partial charge in [0.1, 0.15) is 0 Å². The summed E-state index contributed by atoms with van der Waals surface area (Å²) in [6.45, 7) is 0.670. The van der Waals surface area contributed by atoms with Crippen LogP contribution in [-0.2, 0) is 11.3 Å². The number of thioether (sulfide) groups is 1. The maximum absolute atomic E-state index is 10.9. The molecule has 0 atom stereocenters. The number of hydrogen-bond acceptors (Lipinski definition) is 5. The quantitative estimate of drug-likeness (QED) is 0.473. The summed E-state index contributed by atoms with van der Waals surface area (Å²) in [5.74, 6) is 0.315. The van der Waals surface area contributed by atoms with Gasteiger partial charge in [0.2, 0.25) is 10.9 Å². The number of para-hydroxylation sites is 2. The predicted octanol–water partition coefficient (Wildman–Crippen LogP) is 2.56. The fourth-order valence-corrected chi connectivity index (χ4v) is 3.82. The fraction of sp³-hybridized carbons (Fsp3) is 0.111. The molecule has 0 radical (unpaired) electrons. The standard InChI is InChI=1S/C18H14N6O2S/c25-15(26)11-27-18-20-19-16-23-14-9-5-4-8-13(14)22(17(23)21-24(16)18)10-12-6-2-1-3-7-12/h1-9H,10-11H2,(H,25,26). The molecule has 1 N–H and O–H groups in total. The number of carboxylic acids is 1. The molecule has 3 aromatic heterocycles. The van der Waals surface area contributed by atoms with Crippen molar-refractivity contribution in [3.63, 3.8) is 0 Å². The number of rotatable bonds is 5. The average Bonchev–Trinajstić information content (AvgIpc) is 3.32. The molecule has 0 fully saturated rings. The Balaban J connectivity index is 1.73. The van der Waals surface area contributed by atoms with Crippen molar-refractivity contribution in [3.8, 4) is 0 Å². The minimum absolute atomic E-state index is 0.0900. The van der Waals surface area contributed by atoms with Crippen molar-refractivity contribution in [2.45, 2.75) is 11.7 Å². The SMILES string of the molecule is O=C(O)CSc1nnc2n1nc1n(Cc3ccccc3)c3ccccc3n12. The van der Waals surface area contributed by atoms with Crippen LogP contribution in [-0.4, -0.2) is 45.6 Å². The lowest BCUT2D eigenvalue weighted by Gasteiger charge is -2.05. The molecule has 0 unspecified atom stereocenters. The minimum Gasteiger partial charge on any atom is -0.481 e. The van der Waals surface area contributed by atoms with E-state index in [9.17, 15) is 4.79 Å². The molecule has 3 heterocycles. The summed E-state index contributed by atoms with van der Waals surface area (Å²) in [5, 5.41) is 22.4. The third-order valence-corrected chi connectivity index (χ3v) is 5.25. The Labute approximate surface area is 157 Å². The Bertz CT molecular complexity index is 1290. The van der Waals surface area contributed by atoms with E-state index < -0.39 is 5.97 Å². The van der Waals surface area contributed by atoms with Gasteiger partial charge in [-0.2, -0.15) is 4.52 Å². The molecule has 27 heavy (non-hydrogen) atoms. The first kappa shape index (κ1) is 15.9. The van der Waals surface area contributed by atoms with E-state index in [1.54, 1.807) is 4.52 Å². The van der Waals surface area contributed by atoms with Gasteiger partial charge in [0.15, 0.2) is 0 Å². The van der Waals surface area contributed by atoms with Crippen molar-refractivity contribution in [2.24, 2.45) is 0 Å². The largest absolute Gasteiger partial charge is 0.481 e. The molecule has 9 heteroatoms. The van der Waals surface area contributed by atoms with Gasteiger partial charge in [0.25, 0.3) is 5.78 Å². The maximum atomic E-state index is 10.9. The van der Waals surface area contributed by atoms with Crippen LogP contribution < -0.4 is 0 Å². The zero-order valence-corrected chi connectivity index (χ0v) is 14.9. The predicted molar refractivity (Wildman–Crippen MR) is 101 cm³/mol. The van der Waals surface area contributed by atoms with Crippen LogP contribution in [0.4, 0.5) is 0 Å². The molecule has 5 aromatic rings. The van der Waals surface area contributed by atoms with Crippen LogP contribution >= 0.6 is 11.8 Å². The monoisotopic (exact) mass is 378 g/mol. The average molecular weight is 378 g/mol. The molecule has 0 amide bonds. The van der Waals surface area contributed by atoms with Gasteiger partial charge in [0.05, 0.1) is 23.3 Å². The molecular weight excluding hydrogens is 364 g/mol. The van der Waals surface area contributed by atoms with Crippen LogP contribution in [0.15, 0.2) is 59.8 Å². The summed E-state index contributed by atoms with van der Waals surface area (Å²) in [7, 11) is 0. The summed E-state index contributed by atoms with van der Waals surface area (Å²) < 4.78 is 5.69. The lowest BCUT2D eigenvalue weighted by atomic mass is 10.2. The van der Waals surface area contributed by atoms with Crippen molar-refractivity contribution in [2.75, 3.05) is 5.75 Å². The fourth-order valence-electron chi connectivity index (χ4n) is 3.23. The zero-order chi connectivity index (χ0) is 18.4. The number of aliphatic carboxylic acids is 1. The summed E-state index contributed by atoms with van der Waals surface area (Å²) in [5.41, 5.74) is 3.20. The van der Waals surface area contributed by atoms with Crippen LogP contribution in [0.25, 0.3) is 22.6 Å². The first-order valence-corrected chi connectivity index (χ1v) is 9.30. The van der Waals surface area contributed by atoms with E-state index in [-0.39, 0.29) is 5.75 Å². The van der Waals surface area contributed by atoms with Gasteiger partial charge >= 0.3 is 5.97 Å². The molecule has 0 spiro atoms. The van der Waals surface area contributed by atoms with Crippen LogP contribution in [0.5, 0.6) is 0 Å². The number of hydrogen-bond donors (Lipinski definition) is 1. The van der Waals surface area contributed by atoms with E-state index in [0.717, 1.165) is 28.6 Å². The highest BCUT2D eigenvalue weighted by molar-refractivity contribution is 7.99. The number of benzene rings is 2. The zero-order valence-electron chi connectivity index (χ0n) is 14.1. The van der Waals surface area contributed by atoms with Gasteiger partial charge in [-0.1, -0.05) is 54.2 Å². The van der Waals surface area contributed by atoms with E-state index >= 15 is 0 Å². The Morgan fingerprint density at radius 1 is 0.963 bits per heavy atom. The molecule has 0 saturated carbocycles. The Morgan fingerprint density at radius 2 is 1.70 bits per heavy atom. The minimum atomic E-state index is -0.903. The van der Waals surface area contributed by atoms with Gasteiger partial charge < -0.3 is 9.67 Å². The molecule has 8 nitrogen and oxygen atoms in total. The van der Waals surface area contributed by atoms with E-state index in [0.29, 0.717) is 17.5 Å². The third-order valence-electron chi connectivity index (χ3n) is 4.35. The normalized spacial score (nSPS) is 11.7. The number of aromatic nitrogens is 6. The van der Waals surface area contributed by atoms with Crippen molar-refractivity contribution >= 4 is 40.3 Å². The second-order valence-electron chi connectivity index (χ2n) is 6.07. The van der Waals surface area contributed by atoms with Crippen molar-refractivity contribution < 1.29 is 9.90 Å². The first-order valence-electron chi connectivity index (χ1n) is 8.32. The Hall–Kier alpha value is -3.33. The molecule has 0 aliphatic rings. The first-order chi connectivity index (χ1) is 13.2. The van der Waals surface area contributed by atoms with Crippen LogP contribution in [0.3, 0.4) is 0 Å². The number of carbonyl (C=O) groups is 1. The number of carboxylic acid groups (broad SMARTS) is 1. The second-order valence-corrected chi connectivity index (χ2v) is 7.02. The summed E-state index contributed by atoms with van der Waals surface area (Å²) in [6, 6.07) is 18.2. The van der Waals surface area contributed by atoms with Crippen LogP contribution in [0, 0.1) is 0 Å². The van der Waals surface area contributed by atoms with E-state index in [1.165, 1.54) is 5.56 Å². The lowest BCUT2D eigenvalue weighted by molar-refractivity contribution is -0.133. The molecule has 0 aliphatic carbocycles. The number of imidazole rings is 1. The number of nitrogens with zero attached hydrogens (tertiary/aromatic N) is 6. The summed E-state index contributed by atoms with van der Waals surface area (Å²) in [6.07, 6.45) is 0. The van der Waals surface area contributed by atoms with E-state index in [2.05, 4.69) is 33.0 Å². The molecule has 0 bridgehead atoms. The molecule has 5 rings (SSSR count). The molecule has 2 aromatic carbocycles.